The zero-order valence-electron chi connectivity index (χ0n) is 15.1. The van der Waals surface area contributed by atoms with Gasteiger partial charge in [-0.1, -0.05) is 17.7 Å². The number of benzene rings is 1. The third kappa shape index (κ3) is 3.29. The van der Waals surface area contributed by atoms with Crippen molar-refractivity contribution in [2.75, 3.05) is 0 Å². The van der Waals surface area contributed by atoms with E-state index in [-0.39, 0.29) is 38.9 Å². The number of nitrogens with one attached hydrogen (secondary N) is 1. The summed E-state index contributed by atoms with van der Waals surface area (Å²) in [6.07, 6.45) is -3.38. The molecule has 4 aromatic rings. The summed E-state index contributed by atoms with van der Waals surface area (Å²) in [5.74, 6) is -0.191. The lowest BCUT2D eigenvalue weighted by molar-refractivity contribution is -0.141. The van der Waals surface area contributed by atoms with Crippen LogP contribution in [0.3, 0.4) is 0 Å². The number of rotatable bonds is 2. The Morgan fingerprint density at radius 2 is 2.03 bits per heavy atom. The highest BCUT2D eigenvalue weighted by Crippen LogP contribution is 2.33. The van der Waals surface area contributed by atoms with Gasteiger partial charge < -0.3 is 4.98 Å². The summed E-state index contributed by atoms with van der Waals surface area (Å²) in [4.78, 5) is 26.7. The quantitative estimate of drug-likeness (QED) is 0.467. The molecule has 0 aliphatic rings. The van der Waals surface area contributed by atoms with E-state index in [1.54, 1.807) is 13.0 Å². The molecule has 0 aliphatic carbocycles. The Morgan fingerprint density at radius 3 is 2.70 bits per heavy atom. The van der Waals surface area contributed by atoms with Crippen LogP contribution in [0.5, 0.6) is 0 Å². The van der Waals surface area contributed by atoms with Gasteiger partial charge in [-0.05, 0) is 30.7 Å². The molecule has 0 fully saturated rings. The molecule has 1 aromatic carbocycles. The summed E-state index contributed by atoms with van der Waals surface area (Å²) in [6.45, 7) is 8.78. The summed E-state index contributed by atoms with van der Waals surface area (Å²) in [6, 6.07) is 6.65. The highest BCUT2D eigenvalue weighted by molar-refractivity contribution is 6.32. The van der Waals surface area contributed by atoms with Crippen molar-refractivity contribution in [1.82, 2.24) is 24.7 Å². The largest absolute Gasteiger partial charge is 0.435 e. The summed E-state index contributed by atoms with van der Waals surface area (Å²) < 4.78 is 40.9. The van der Waals surface area contributed by atoms with Crippen molar-refractivity contribution in [2.45, 2.75) is 13.1 Å². The van der Waals surface area contributed by atoms with E-state index < -0.39 is 17.4 Å². The van der Waals surface area contributed by atoms with E-state index in [9.17, 15) is 18.0 Å². The molecule has 0 unspecified atom stereocenters. The lowest BCUT2D eigenvalue weighted by atomic mass is 10.1. The van der Waals surface area contributed by atoms with E-state index >= 15 is 0 Å². The van der Waals surface area contributed by atoms with Crippen LogP contribution < -0.4 is 5.56 Å². The standard InChI is InChI=1S/C19H10ClF3N6O/c1-9-6-10(24-2)7-11-15(9)26-16(27-18(11)30)13-8-14(19(21,22)23)28-29(13)17-12(20)4-3-5-25-17/h3-8H,1H3,(H,26,27,30). The van der Waals surface area contributed by atoms with Crippen LogP contribution in [-0.2, 0) is 6.18 Å². The zero-order chi connectivity index (χ0) is 21.6. The molecule has 0 amide bonds. The molecule has 7 nitrogen and oxygen atoms in total. The predicted molar refractivity (Wildman–Crippen MR) is 104 cm³/mol. The Bertz CT molecular complexity index is 1400. The van der Waals surface area contributed by atoms with Crippen LogP contribution in [0.25, 0.3) is 33.1 Å². The number of aromatic nitrogens is 5. The van der Waals surface area contributed by atoms with E-state index in [1.165, 1.54) is 24.4 Å². The average Bonchev–Trinajstić information content (AvgIpc) is 3.14. The van der Waals surface area contributed by atoms with Crippen molar-refractivity contribution < 1.29 is 13.2 Å². The van der Waals surface area contributed by atoms with Crippen LogP contribution in [0.4, 0.5) is 18.9 Å². The normalized spacial score (nSPS) is 11.6. The molecule has 1 N–H and O–H groups in total. The Labute approximate surface area is 171 Å². The molecule has 0 saturated heterocycles. The first-order valence-electron chi connectivity index (χ1n) is 8.39. The van der Waals surface area contributed by atoms with Gasteiger partial charge in [0.05, 0.1) is 22.5 Å². The summed E-state index contributed by atoms with van der Waals surface area (Å²) in [7, 11) is 0. The molecule has 150 valence electrons. The summed E-state index contributed by atoms with van der Waals surface area (Å²) >= 11 is 6.10. The molecular formula is C19H10ClF3N6O. The van der Waals surface area contributed by atoms with Crippen molar-refractivity contribution in [3.8, 4) is 17.3 Å². The Hall–Kier alpha value is -3.71. The van der Waals surface area contributed by atoms with E-state index in [4.69, 9.17) is 18.2 Å². The number of aromatic amines is 1. The predicted octanol–water partition coefficient (Wildman–Crippen LogP) is 4.70. The Kier molecular flexibility index (Phi) is 4.55. The van der Waals surface area contributed by atoms with Gasteiger partial charge in [-0.2, -0.15) is 18.3 Å². The van der Waals surface area contributed by atoms with Crippen LogP contribution in [0.1, 0.15) is 11.3 Å². The zero-order valence-corrected chi connectivity index (χ0v) is 15.9. The van der Waals surface area contributed by atoms with E-state index in [1.807, 2.05) is 0 Å². The molecule has 11 heteroatoms. The number of fused-ring (bicyclic) bond motifs is 1. The van der Waals surface area contributed by atoms with Gasteiger partial charge >= 0.3 is 6.18 Å². The van der Waals surface area contributed by atoms with Crippen molar-refractivity contribution in [3.63, 3.8) is 0 Å². The van der Waals surface area contributed by atoms with Gasteiger partial charge in [0.2, 0.25) is 0 Å². The first-order chi connectivity index (χ1) is 14.2. The molecule has 4 rings (SSSR count). The van der Waals surface area contributed by atoms with E-state index in [0.717, 1.165) is 10.7 Å². The molecule has 3 heterocycles. The number of halogens is 4. The smallest absolute Gasteiger partial charge is 0.305 e. The van der Waals surface area contributed by atoms with Crippen LogP contribution >= 0.6 is 11.6 Å². The molecule has 0 spiro atoms. The molecule has 0 atom stereocenters. The van der Waals surface area contributed by atoms with Crippen molar-refractivity contribution in [2.24, 2.45) is 0 Å². The minimum Gasteiger partial charge on any atom is -0.305 e. The minimum absolute atomic E-state index is 0.0486. The first kappa shape index (κ1) is 19.6. The SMILES string of the molecule is [C-]#[N+]c1cc(C)c2nc(-c3cc(C(F)(F)F)nn3-c3ncccc3Cl)[nH]c(=O)c2c1. The Morgan fingerprint density at radius 1 is 1.27 bits per heavy atom. The third-order valence-electron chi connectivity index (χ3n) is 4.30. The van der Waals surface area contributed by atoms with Gasteiger partial charge in [0.1, 0.15) is 5.69 Å². The van der Waals surface area contributed by atoms with Gasteiger partial charge in [-0.15, -0.1) is 0 Å². The van der Waals surface area contributed by atoms with Crippen LogP contribution in [0.15, 0.2) is 41.3 Å². The maximum absolute atomic E-state index is 13.3. The fraction of sp³-hybridized carbons (Fsp3) is 0.105. The van der Waals surface area contributed by atoms with Crippen LogP contribution in [0.2, 0.25) is 5.02 Å². The molecule has 3 aromatic heterocycles. The molecule has 0 aliphatic heterocycles. The van der Waals surface area contributed by atoms with Crippen molar-refractivity contribution in [3.05, 3.63) is 74.6 Å². The van der Waals surface area contributed by atoms with Gasteiger partial charge in [0, 0.05) is 12.3 Å². The second kappa shape index (κ2) is 6.96. The lowest BCUT2D eigenvalue weighted by Gasteiger charge is -2.09. The Balaban J connectivity index is 2.03. The number of alkyl halides is 3. The van der Waals surface area contributed by atoms with E-state index in [0.29, 0.717) is 5.56 Å². The minimum atomic E-state index is -4.74. The number of aryl methyl sites for hydroxylation is 1. The van der Waals surface area contributed by atoms with Crippen molar-refractivity contribution in [1.29, 1.82) is 0 Å². The van der Waals surface area contributed by atoms with Gasteiger partial charge in [-0.25, -0.2) is 19.5 Å². The van der Waals surface area contributed by atoms with Crippen molar-refractivity contribution >= 4 is 28.2 Å². The first-order valence-corrected chi connectivity index (χ1v) is 8.77. The summed E-state index contributed by atoms with van der Waals surface area (Å²) in [5, 5.41) is 3.81. The molecular weight excluding hydrogens is 421 g/mol. The molecule has 30 heavy (non-hydrogen) atoms. The fourth-order valence-corrected chi connectivity index (χ4v) is 3.17. The number of nitrogens with zero attached hydrogens (tertiary/aromatic N) is 5. The number of hydrogen-bond acceptors (Lipinski definition) is 4. The highest BCUT2D eigenvalue weighted by atomic mass is 35.5. The molecule has 0 saturated carbocycles. The summed E-state index contributed by atoms with van der Waals surface area (Å²) in [5.41, 5.74) is -0.891. The second-order valence-electron chi connectivity index (χ2n) is 6.32. The number of H-pyrrole nitrogens is 1. The van der Waals surface area contributed by atoms with Gasteiger partial charge in [0.15, 0.2) is 23.0 Å². The van der Waals surface area contributed by atoms with Crippen LogP contribution in [-0.4, -0.2) is 24.7 Å². The number of pyridine rings is 1. The lowest BCUT2D eigenvalue weighted by Crippen LogP contribution is -2.12. The van der Waals surface area contributed by atoms with E-state index in [2.05, 4.69) is 24.9 Å². The third-order valence-corrected chi connectivity index (χ3v) is 4.59. The average molecular weight is 431 g/mol. The maximum Gasteiger partial charge on any atom is 0.435 e. The molecule has 0 radical (unpaired) electrons. The van der Waals surface area contributed by atoms with Gasteiger partial charge in [-0.3, -0.25) is 4.79 Å². The molecule has 0 bridgehead atoms. The fourth-order valence-electron chi connectivity index (χ4n) is 2.97. The monoisotopic (exact) mass is 430 g/mol. The highest BCUT2D eigenvalue weighted by Gasteiger charge is 2.36. The second-order valence-corrected chi connectivity index (χ2v) is 6.73. The van der Waals surface area contributed by atoms with Gasteiger partial charge in [0.25, 0.3) is 5.56 Å². The number of hydrogen-bond donors (Lipinski definition) is 1. The maximum atomic E-state index is 13.3. The topological polar surface area (TPSA) is 80.8 Å². The van der Waals surface area contributed by atoms with Crippen LogP contribution in [0, 0.1) is 13.5 Å².